The van der Waals surface area contributed by atoms with Crippen LogP contribution in [0.25, 0.3) is 0 Å². The van der Waals surface area contributed by atoms with Crippen LogP contribution in [0.1, 0.15) is 18.9 Å². The number of alkyl halides is 3. The van der Waals surface area contributed by atoms with Crippen LogP contribution in [0.2, 0.25) is 0 Å². The van der Waals surface area contributed by atoms with Crippen LogP contribution in [0.15, 0.2) is 23.1 Å². The molecule has 1 saturated heterocycles. The highest BCUT2D eigenvalue weighted by atomic mass is 32.2. The van der Waals surface area contributed by atoms with Gasteiger partial charge in [-0.2, -0.15) is 13.2 Å². The van der Waals surface area contributed by atoms with Crippen molar-refractivity contribution in [1.29, 1.82) is 0 Å². The molecule has 124 valence electrons. The van der Waals surface area contributed by atoms with E-state index < -0.39 is 32.2 Å². The molecule has 1 atom stereocenters. The molecule has 22 heavy (non-hydrogen) atoms. The van der Waals surface area contributed by atoms with Gasteiger partial charge in [-0.25, -0.2) is 13.1 Å². The van der Waals surface area contributed by atoms with Crippen LogP contribution >= 0.6 is 0 Å². The highest BCUT2D eigenvalue weighted by Crippen LogP contribution is 2.34. The van der Waals surface area contributed by atoms with Crippen LogP contribution in [0.3, 0.4) is 0 Å². The summed E-state index contributed by atoms with van der Waals surface area (Å²) in [7, 11) is -2.96. The van der Waals surface area contributed by atoms with Crippen LogP contribution in [-0.2, 0) is 20.9 Å². The van der Waals surface area contributed by atoms with E-state index in [0.717, 1.165) is 12.1 Å². The van der Waals surface area contributed by atoms with Crippen molar-refractivity contribution in [2.24, 2.45) is 0 Å². The predicted octanol–water partition coefficient (Wildman–Crippen LogP) is 2.17. The summed E-state index contributed by atoms with van der Waals surface area (Å²) in [5.74, 6) is -0.178. The lowest BCUT2D eigenvalue weighted by Crippen LogP contribution is -2.46. The predicted molar refractivity (Wildman–Crippen MR) is 72.2 cm³/mol. The fourth-order valence-corrected chi connectivity index (χ4v) is 3.62. The van der Waals surface area contributed by atoms with Crippen LogP contribution in [0.5, 0.6) is 5.75 Å². The van der Waals surface area contributed by atoms with Gasteiger partial charge in [0.25, 0.3) is 0 Å². The molecule has 0 bridgehead atoms. The fraction of sp³-hybridized carbons (Fsp3) is 0.538. The number of halogens is 3. The van der Waals surface area contributed by atoms with Gasteiger partial charge in [-0.1, -0.05) is 0 Å². The molecule has 0 aliphatic carbocycles. The second-order valence-corrected chi connectivity index (χ2v) is 7.05. The molecule has 0 spiro atoms. The third-order valence-electron chi connectivity index (χ3n) is 3.35. The minimum Gasteiger partial charge on any atom is -0.497 e. The van der Waals surface area contributed by atoms with Gasteiger partial charge in [0.1, 0.15) is 5.75 Å². The second-order valence-electron chi connectivity index (χ2n) is 5.36. The number of benzene rings is 1. The van der Waals surface area contributed by atoms with Gasteiger partial charge >= 0.3 is 6.18 Å². The largest absolute Gasteiger partial charge is 0.497 e. The Balaban J connectivity index is 2.42. The second kappa shape index (κ2) is 5.71. The summed E-state index contributed by atoms with van der Waals surface area (Å²) in [5, 5.41) is 0. The zero-order valence-electron chi connectivity index (χ0n) is 12.0. The lowest BCUT2D eigenvalue weighted by Gasteiger charge is -2.23. The van der Waals surface area contributed by atoms with E-state index in [9.17, 15) is 21.6 Å². The molecule has 0 radical (unpaired) electrons. The van der Waals surface area contributed by atoms with E-state index in [-0.39, 0.29) is 12.4 Å². The quantitative estimate of drug-likeness (QED) is 0.913. The van der Waals surface area contributed by atoms with E-state index in [0.29, 0.717) is 19.1 Å². The number of nitrogens with one attached hydrogen (secondary N) is 1. The van der Waals surface area contributed by atoms with E-state index >= 15 is 0 Å². The molecule has 1 aliphatic rings. The molecule has 1 N–H and O–H groups in total. The summed E-state index contributed by atoms with van der Waals surface area (Å²) < 4.78 is 75.6. The minimum atomic E-state index is -4.67. The Labute approximate surface area is 126 Å². The first-order valence-electron chi connectivity index (χ1n) is 6.44. The summed E-state index contributed by atoms with van der Waals surface area (Å²) in [6.45, 7) is 2.20. The van der Waals surface area contributed by atoms with E-state index in [4.69, 9.17) is 9.47 Å². The summed E-state index contributed by atoms with van der Waals surface area (Å²) >= 11 is 0. The molecular formula is C13H16F3NO4S. The maximum Gasteiger partial charge on any atom is 0.416 e. The van der Waals surface area contributed by atoms with Gasteiger partial charge in [-0.3, -0.25) is 0 Å². The van der Waals surface area contributed by atoms with Crippen molar-refractivity contribution < 1.29 is 31.1 Å². The Kier molecular flexibility index (Phi) is 4.42. The van der Waals surface area contributed by atoms with Crippen LogP contribution in [-0.4, -0.2) is 34.3 Å². The normalized spacial score (nSPS) is 22.8. The number of ether oxygens (including phenoxy) is 2. The zero-order valence-corrected chi connectivity index (χ0v) is 12.8. The molecule has 2 rings (SSSR count). The molecule has 1 fully saturated rings. The molecule has 0 amide bonds. The van der Waals surface area contributed by atoms with E-state index in [2.05, 4.69) is 4.72 Å². The van der Waals surface area contributed by atoms with E-state index in [1.54, 1.807) is 6.92 Å². The summed E-state index contributed by atoms with van der Waals surface area (Å²) in [4.78, 5) is -0.493. The average molecular weight is 339 g/mol. The molecule has 0 saturated carbocycles. The Morgan fingerprint density at radius 1 is 1.32 bits per heavy atom. The molecule has 0 aromatic heterocycles. The Morgan fingerprint density at radius 2 is 2.00 bits per heavy atom. The average Bonchev–Trinajstić information content (AvgIpc) is 2.82. The molecule has 1 aromatic rings. The number of rotatable bonds is 4. The molecule has 1 aromatic carbocycles. The Hall–Kier alpha value is -1.32. The van der Waals surface area contributed by atoms with Gasteiger partial charge in [-0.15, -0.1) is 0 Å². The topological polar surface area (TPSA) is 64.6 Å². The first kappa shape index (κ1) is 17.0. The summed E-state index contributed by atoms with van der Waals surface area (Å²) in [5.41, 5.74) is -1.92. The van der Waals surface area contributed by atoms with Gasteiger partial charge in [0, 0.05) is 12.7 Å². The van der Waals surface area contributed by atoms with Crippen molar-refractivity contribution in [1.82, 2.24) is 4.72 Å². The van der Waals surface area contributed by atoms with Crippen molar-refractivity contribution >= 4 is 10.0 Å². The van der Waals surface area contributed by atoms with Gasteiger partial charge in [0.15, 0.2) is 0 Å². The first-order chi connectivity index (χ1) is 10.1. The number of hydrogen-bond donors (Lipinski definition) is 1. The van der Waals surface area contributed by atoms with Crippen LogP contribution in [0, 0.1) is 0 Å². The smallest absolute Gasteiger partial charge is 0.416 e. The fourth-order valence-electron chi connectivity index (χ4n) is 2.14. The van der Waals surface area contributed by atoms with Crippen LogP contribution < -0.4 is 9.46 Å². The third kappa shape index (κ3) is 3.71. The molecule has 1 unspecified atom stereocenters. The van der Waals surface area contributed by atoms with E-state index in [1.807, 2.05) is 0 Å². The zero-order chi connectivity index (χ0) is 16.6. The Bertz CT molecular complexity index is 652. The third-order valence-corrected chi connectivity index (χ3v) is 4.97. The van der Waals surface area contributed by atoms with Crippen molar-refractivity contribution in [3.63, 3.8) is 0 Å². The number of hydrogen-bond acceptors (Lipinski definition) is 4. The Morgan fingerprint density at radius 3 is 2.50 bits per heavy atom. The molecule has 1 aliphatic heterocycles. The highest BCUT2D eigenvalue weighted by Gasteiger charge is 2.37. The van der Waals surface area contributed by atoms with E-state index in [1.165, 1.54) is 7.11 Å². The molecule has 9 heteroatoms. The van der Waals surface area contributed by atoms with Gasteiger partial charge in [-0.05, 0) is 25.5 Å². The lowest BCUT2D eigenvalue weighted by atomic mass is 10.0. The minimum absolute atomic E-state index is 0.169. The lowest BCUT2D eigenvalue weighted by molar-refractivity contribution is -0.137. The van der Waals surface area contributed by atoms with Crippen molar-refractivity contribution in [3.8, 4) is 5.75 Å². The van der Waals surface area contributed by atoms with Gasteiger partial charge < -0.3 is 9.47 Å². The molecule has 1 heterocycles. The molecular weight excluding hydrogens is 323 g/mol. The number of methoxy groups -OCH3 is 1. The van der Waals surface area contributed by atoms with Crippen molar-refractivity contribution in [3.05, 3.63) is 23.8 Å². The first-order valence-corrected chi connectivity index (χ1v) is 7.92. The summed E-state index contributed by atoms with van der Waals surface area (Å²) in [6, 6.07) is 2.39. The monoisotopic (exact) mass is 339 g/mol. The maximum absolute atomic E-state index is 12.9. The van der Waals surface area contributed by atoms with Crippen molar-refractivity contribution in [2.75, 3.05) is 20.3 Å². The number of sulfonamides is 1. The highest BCUT2D eigenvalue weighted by molar-refractivity contribution is 7.89. The summed E-state index contributed by atoms with van der Waals surface area (Å²) in [6.07, 6.45) is -4.22. The van der Waals surface area contributed by atoms with Gasteiger partial charge in [0.05, 0.1) is 29.7 Å². The van der Waals surface area contributed by atoms with Crippen molar-refractivity contribution in [2.45, 2.75) is 30.0 Å². The van der Waals surface area contributed by atoms with Gasteiger partial charge in [0.2, 0.25) is 10.0 Å². The van der Waals surface area contributed by atoms with Crippen LogP contribution in [0.4, 0.5) is 13.2 Å². The maximum atomic E-state index is 12.9. The SMILES string of the molecule is COc1cc(C(F)(F)F)cc(S(=O)(=O)NC2(C)CCOC2)c1. The molecule has 5 nitrogen and oxygen atoms in total. The standard InChI is InChI=1S/C13H16F3NO4S/c1-12(3-4-21-8-12)17-22(18,19)11-6-9(13(14,15)16)5-10(7-11)20-2/h5-7,17H,3-4,8H2,1-2H3.